The summed E-state index contributed by atoms with van der Waals surface area (Å²) in [5.41, 5.74) is 4.15. The lowest BCUT2D eigenvalue weighted by Gasteiger charge is -2.14. The van der Waals surface area contributed by atoms with Crippen molar-refractivity contribution in [1.29, 1.82) is 0 Å². The van der Waals surface area contributed by atoms with E-state index in [1.54, 1.807) is 4.90 Å². The minimum absolute atomic E-state index is 0.141. The Bertz CT molecular complexity index is 1040. The number of amides is 1. The van der Waals surface area contributed by atoms with E-state index in [0.29, 0.717) is 13.0 Å². The van der Waals surface area contributed by atoms with Gasteiger partial charge in [-0.2, -0.15) is 0 Å². The second-order valence-electron chi connectivity index (χ2n) is 7.86. The third kappa shape index (κ3) is 3.97. The number of hydrogen-bond acceptors (Lipinski definition) is 3. The Balaban J connectivity index is 1.49. The Hall–Kier alpha value is -2.53. The molecule has 29 heavy (non-hydrogen) atoms. The highest BCUT2D eigenvalue weighted by Crippen LogP contribution is 2.30. The third-order valence-electron chi connectivity index (χ3n) is 5.59. The van der Waals surface area contributed by atoms with Gasteiger partial charge in [0, 0.05) is 37.5 Å². The van der Waals surface area contributed by atoms with Crippen LogP contribution in [0, 0.1) is 13.8 Å². The van der Waals surface area contributed by atoms with Crippen molar-refractivity contribution >= 4 is 28.5 Å². The van der Waals surface area contributed by atoms with Gasteiger partial charge in [0.2, 0.25) is 5.91 Å². The van der Waals surface area contributed by atoms with Gasteiger partial charge in [-0.25, -0.2) is 4.98 Å². The van der Waals surface area contributed by atoms with Crippen LogP contribution in [0.1, 0.15) is 35.7 Å². The quantitative estimate of drug-likeness (QED) is 0.551. The molecule has 0 bridgehead atoms. The molecule has 2 aromatic carbocycles. The number of nitrogens with zero attached hydrogens (tertiary/aromatic N) is 3. The summed E-state index contributed by atoms with van der Waals surface area (Å²) in [7, 11) is 1.86. The van der Waals surface area contributed by atoms with Gasteiger partial charge in [0.05, 0.1) is 17.6 Å². The highest BCUT2D eigenvalue weighted by molar-refractivity contribution is 6.32. The molecule has 1 atom stereocenters. The zero-order valence-corrected chi connectivity index (χ0v) is 17.9. The van der Waals surface area contributed by atoms with Crippen LogP contribution in [0.25, 0.3) is 11.0 Å². The molecule has 4 rings (SSSR count). The Morgan fingerprint density at radius 3 is 2.62 bits per heavy atom. The van der Waals surface area contributed by atoms with Gasteiger partial charge in [-0.1, -0.05) is 23.7 Å². The summed E-state index contributed by atoms with van der Waals surface area (Å²) in [6.07, 6.45) is 1.38. The Labute approximate surface area is 176 Å². The second kappa shape index (κ2) is 8.07. The van der Waals surface area contributed by atoms with Crippen LogP contribution in [0.15, 0.2) is 36.4 Å². The van der Waals surface area contributed by atoms with E-state index in [0.717, 1.165) is 58.3 Å². The van der Waals surface area contributed by atoms with Crippen LogP contribution in [0.5, 0.6) is 5.75 Å². The first-order chi connectivity index (χ1) is 13.9. The number of para-hydroxylation sites is 2. The van der Waals surface area contributed by atoms with Gasteiger partial charge in [-0.3, -0.25) is 4.79 Å². The molecule has 1 aromatic heterocycles. The van der Waals surface area contributed by atoms with E-state index in [9.17, 15) is 4.79 Å². The van der Waals surface area contributed by atoms with Crippen molar-refractivity contribution in [1.82, 2.24) is 14.5 Å². The van der Waals surface area contributed by atoms with Crippen molar-refractivity contribution in [2.45, 2.75) is 39.2 Å². The number of carbonyl (C=O) groups excluding carboxylic acids is 1. The summed E-state index contributed by atoms with van der Waals surface area (Å²) in [4.78, 5) is 18.7. The zero-order valence-electron chi connectivity index (χ0n) is 17.1. The fourth-order valence-corrected chi connectivity index (χ4v) is 4.19. The molecule has 3 aromatic rings. The lowest BCUT2D eigenvalue weighted by atomic mass is 10.1. The van der Waals surface area contributed by atoms with Crippen LogP contribution in [0.2, 0.25) is 5.02 Å². The number of ether oxygens (including phenoxy) is 1. The molecule has 5 nitrogen and oxygen atoms in total. The van der Waals surface area contributed by atoms with Gasteiger partial charge >= 0.3 is 0 Å². The summed E-state index contributed by atoms with van der Waals surface area (Å²) in [5.74, 6) is 2.18. The van der Waals surface area contributed by atoms with Crippen LogP contribution < -0.4 is 4.74 Å². The molecule has 0 saturated carbocycles. The smallest absolute Gasteiger partial charge is 0.223 e. The number of aryl methyl sites for hydroxylation is 3. The standard InChI is InChI=1S/C23H26ClN3O2/c1-15-11-18(12-16(2)22(15)24)29-10-6-9-27-20-8-5-4-7-19(20)25-23(27)17-13-21(28)26(3)14-17/h4-5,7-8,11-12,17H,6,9-10,13-14H2,1-3H3. The van der Waals surface area contributed by atoms with Crippen molar-refractivity contribution in [2.24, 2.45) is 0 Å². The average Bonchev–Trinajstić information content (AvgIpc) is 3.23. The van der Waals surface area contributed by atoms with Gasteiger partial charge in [0.25, 0.3) is 0 Å². The molecule has 1 saturated heterocycles. The fourth-order valence-electron chi connectivity index (χ4n) is 4.08. The largest absolute Gasteiger partial charge is 0.494 e. The molecule has 1 aliphatic rings. The summed E-state index contributed by atoms with van der Waals surface area (Å²) >= 11 is 6.24. The number of rotatable bonds is 6. The van der Waals surface area contributed by atoms with E-state index in [1.807, 2.05) is 51.2 Å². The van der Waals surface area contributed by atoms with Crippen molar-refractivity contribution in [2.75, 3.05) is 20.2 Å². The zero-order chi connectivity index (χ0) is 20.5. The van der Waals surface area contributed by atoms with E-state index in [2.05, 4.69) is 10.6 Å². The number of hydrogen-bond donors (Lipinski definition) is 0. The minimum atomic E-state index is 0.141. The molecular weight excluding hydrogens is 386 g/mol. The third-order valence-corrected chi connectivity index (χ3v) is 6.19. The van der Waals surface area contributed by atoms with Crippen molar-refractivity contribution < 1.29 is 9.53 Å². The van der Waals surface area contributed by atoms with Crippen molar-refractivity contribution in [3.63, 3.8) is 0 Å². The number of likely N-dealkylation sites (N-methyl/N-ethyl adjacent to an activating group) is 1. The second-order valence-corrected chi connectivity index (χ2v) is 8.24. The van der Waals surface area contributed by atoms with E-state index >= 15 is 0 Å². The SMILES string of the molecule is Cc1cc(OCCCn2c(C3CC(=O)N(C)C3)nc3ccccc32)cc(C)c1Cl. The summed E-state index contributed by atoms with van der Waals surface area (Å²) in [6.45, 7) is 6.12. The van der Waals surface area contributed by atoms with E-state index in [1.165, 1.54) is 0 Å². The van der Waals surface area contributed by atoms with Crippen LogP contribution in [-0.4, -0.2) is 40.6 Å². The highest BCUT2D eigenvalue weighted by Gasteiger charge is 2.31. The first-order valence-corrected chi connectivity index (χ1v) is 10.4. The molecule has 0 aliphatic carbocycles. The van der Waals surface area contributed by atoms with Gasteiger partial charge in [0.1, 0.15) is 11.6 Å². The van der Waals surface area contributed by atoms with E-state index < -0.39 is 0 Å². The van der Waals surface area contributed by atoms with Gasteiger partial charge in [0.15, 0.2) is 0 Å². The van der Waals surface area contributed by atoms with Crippen LogP contribution in [-0.2, 0) is 11.3 Å². The summed E-state index contributed by atoms with van der Waals surface area (Å²) < 4.78 is 8.24. The lowest BCUT2D eigenvalue weighted by Crippen LogP contribution is -2.19. The number of halogens is 1. The predicted molar refractivity (Wildman–Crippen MR) is 116 cm³/mol. The molecule has 1 aliphatic heterocycles. The molecule has 1 unspecified atom stereocenters. The number of likely N-dealkylation sites (tertiary alicyclic amines) is 1. The lowest BCUT2D eigenvalue weighted by molar-refractivity contribution is -0.126. The monoisotopic (exact) mass is 411 g/mol. The Kier molecular flexibility index (Phi) is 5.50. The first kappa shape index (κ1) is 19.8. The van der Waals surface area contributed by atoms with Crippen molar-refractivity contribution in [3.8, 4) is 5.75 Å². The molecule has 0 radical (unpaired) electrons. The molecule has 1 fully saturated rings. The van der Waals surface area contributed by atoms with Crippen LogP contribution >= 0.6 is 11.6 Å². The molecule has 2 heterocycles. The maximum atomic E-state index is 12.0. The maximum Gasteiger partial charge on any atom is 0.223 e. The summed E-state index contributed by atoms with van der Waals surface area (Å²) in [6, 6.07) is 12.1. The molecule has 0 N–H and O–H groups in total. The predicted octanol–water partition coefficient (Wildman–Crippen LogP) is 4.72. The molecular formula is C23H26ClN3O2. The number of aromatic nitrogens is 2. The van der Waals surface area contributed by atoms with Gasteiger partial charge in [-0.05, 0) is 55.7 Å². The number of carbonyl (C=O) groups is 1. The molecule has 6 heteroatoms. The van der Waals surface area contributed by atoms with Gasteiger partial charge < -0.3 is 14.2 Å². The van der Waals surface area contributed by atoms with E-state index in [4.69, 9.17) is 21.3 Å². The van der Waals surface area contributed by atoms with Crippen LogP contribution in [0.3, 0.4) is 0 Å². The highest BCUT2D eigenvalue weighted by atomic mass is 35.5. The summed E-state index contributed by atoms with van der Waals surface area (Å²) in [5, 5.41) is 0.794. The number of benzene rings is 2. The molecule has 1 amide bonds. The maximum absolute atomic E-state index is 12.0. The fraction of sp³-hybridized carbons (Fsp3) is 0.391. The first-order valence-electron chi connectivity index (χ1n) is 10.0. The minimum Gasteiger partial charge on any atom is -0.494 e. The average molecular weight is 412 g/mol. The topological polar surface area (TPSA) is 47.4 Å². The van der Waals surface area contributed by atoms with Crippen LogP contribution in [0.4, 0.5) is 0 Å². The normalized spacial score (nSPS) is 16.8. The van der Waals surface area contributed by atoms with Gasteiger partial charge in [-0.15, -0.1) is 0 Å². The number of imidazole rings is 1. The Morgan fingerprint density at radius 1 is 1.21 bits per heavy atom. The Morgan fingerprint density at radius 2 is 1.93 bits per heavy atom. The van der Waals surface area contributed by atoms with Crippen molar-refractivity contribution in [3.05, 3.63) is 58.4 Å². The number of fused-ring (bicyclic) bond motifs is 1. The molecule has 0 spiro atoms. The van der Waals surface area contributed by atoms with E-state index in [-0.39, 0.29) is 11.8 Å². The molecule has 152 valence electrons.